The second kappa shape index (κ2) is 7.72. The molecule has 1 heterocycles. The Morgan fingerprint density at radius 2 is 2.10 bits per heavy atom. The van der Waals surface area contributed by atoms with Crippen molar-refractivity contribution in [3.8, 4) is 5.75 Å². The molecule has 0 aliphatic carbocycles. The van der Waals surface area contributed by atoms with Gasteiger partial charge in [0.05, 0.1) is 20.7 Å². The number of thiophene rings is 1. The van der Waals surface area contributed by atoms with E-state index in [4.69, 9.17) is 4.74 Å². The van der Waals surface area contributed by atoms with Crippen LogP contribution in [-0.2, 0) is 0 Å². The van der Waals surface area contributed by atoms with E-state index >= 15 is 0 Å². The lowest BCUT2D eigenvalue weighted by atomic mass is 10.00. The summed E-state index contributed by atoms with van der Waals surface area (Å²) in [7, 11) is 1.48. The summed E-state index contributed by atoms with van der Waals surface area (Å²) >= 11 is 8.62. The van der Waals surface area contributed by atoms with E-state index in [0.29, 0.717) is 5.56 Å². The van der Waals surface area contributed by atoms with Crippen LogP contribution in [0.4, 0.5) is 4.39 Å². The summed E-state index contributed by atoms with van der Waals surface area (Å²) in [5.41, 5.74) is 1.61. The van der Waals surface area contributed by atoms with Gasteiger partial charge in [-0.2, -0.15) is 0 Å². The highest BCUT2D eigenvalue weighted by molar-refractivity contribution is 9.12. The van der Waals surface area contributed by atoms with Crippen LogP contribution in [0.15, 0.2) is 31.8 Å². The minimum Gasteiger partial charge on any atom is -0.494 e. The van der Waals surface area contributed by atoms with Crippen molar-refractivity contribution in [3.63, 3.8) is 0 Å². The van der Waals surface area contributed by atoms with Gasteiger partial charge in [-0.3, -0.25) is 0 Å². The first-order valence-electron chi connectivity index (χ1n) is 6.59. The molecule has 6 heteroatoms. The SMILES string of the molecule is CCCNC(c1cc(Br)sc1Br)c1cccc(OC)c1F. The Kier molecular flexibility index (Phi) is 6.22. The lowest BCUT2D eigenvalue weighted by Gasteiger charge is -2.20. The van der Waals surface area contributed by atoms with Gasteiger partial charge in [-0.1, -0.05) is 19.1 Å². The molecule has 1 aromatic heterocycles. The summed E-state index contributed by atoms with van der Waals surface area (Å²) in [4.78, 5) is 0. The van der Waals surface area contributed by atoms with Gasteiger partial charge in [-0.05, 0) is 62.5 Å². The Morgan fingerprint density at radius 1 is 1.33 bits per heavy atom. The van der Waals surface area contributed by atoms with Crippen molar-refractivity contribution in [3.05, 3.63) is 48.8 Å². The smallest absolute Gasteiger partial charge is 0.170 e. The molecular formula is C15H16Br2FNOS. The van der Waals surface area contributed by atoms with Crippen molar-refractivity contribution in [1.29, 1.82) is 0 Å². The first kappa shape index (κ1) is 16.9. The lowest BCUT2D eigenvalue weighted by Crippen LogP contribution is -2.24. The highest BCUT2D eigenvalue weighted by Crippen LogP contribution is 2.39. The molecule has 21 heavy (non-hydrogen) atoms. The van der Waals surface area contributed by atoms with Crippen molar-refractivity contribution in [2.75, 3.05) is 13.7 Å². The molecule has 1 N–H and O–H groups in total. The Balaban J connectivity index is 2.48. The fourth-order valence-corrected chi connectivity index (χ4v) is 5.04. The van der Waals surface area contributed by atoms with Gasteiger partial charge in [0.25, 0.3) is 0 Å². The van der Waals surface area contributed by atoms with Crippen molar-refractivity contribution >= 4 is 43.2 Å². The van der Waals surface area contributed by atoms with Crippen LogP contribution in [0.3, 0.4) is 0 Å². The minimum absolute atomic E-state index is 0.211. The van der Waals surface area contributed by atoms with E-state index in [1.807, 2.05) is 12.1 Å². The maximum Gasteiger partial charge on any atom is 0.170 e. The summed E-state index contributed by atoms with van der Waals surface area (Å²) in [5.74, 6) is -0.0518. The van der Waals surface area contributed by atoms with E-state index < -0.39 is 0 Å². The van der Waals surface area contributed by atoms with Crippen molar-refractivity contribution in [1.82, 2.24) is 5.32 Å². The molecule has 0 aliphatic heterocycles. The summed E-state index contributed by atoms with van der Waals surface area (Å²) in [5, 5.41) is 3.41. The molecule has 0 fully saturated rings. The minimum atomic E-state index is -0.317. The largest absolute Gasteiger partial charge is 0.494 e. The van der Waals surface area contributed by atoms with Gasteiger partial charge in [-0.15, -0.1) is 11.3 Å². The molecule has 0 amide bonds. The molecule has 0 aliphatic rings. The van der Waals surface area contributed by atoms with Crippen LogP contribution in [0.2, 0.25) is 0 Å². The van der Waals surface area contributed by atoms with Gasteiger partial charge in [0.2, 0.25) is 0 Å². The number of ether oxygens (including phenoxy) is 1. The van der Waals surface area contributed by atoms with Crippen molar-refractivity contribution < 1.29 is 9.13 Å². The second-order valence-corrected chi connectivity index (χ2v) is 8.28. The molecule has 0 spiro atoms. The number of hydrogen-bond donors (Lipinski definition) is 1. The molecule has 2 aromatic rings. The highest BCUT2D eigenvalue weighted by atomic mass is 79.9. The summed E-state index contributed by atoms with van der Waals surface area (Å²) in [6.45, 7) is 2.89. The van der Waals surface area contributed by atoms with Crippen molar-refractivity contribution in [2.45, 2.75) is 19.4 Å². The van der Waals surface area contributed by atoms with E-state index in [1.165, 1.54) is 7.11 Å². The van der Waals surface area contributed by atoms with Gasteiger partial charge < -0.3 is 10.1 Å². The normalized spacial score (nSPS) is 12.4. The third kappa shape index (κ3) is 3.86. The first-order valence-corrected chi connectivity index (χ1v) is 8.99. The van der Waals surface area contributed by atoms with E-state index in [1.54, 1.807) is 23.5 Å². The maximum atomic E-state index is 14.6. The van der Waals surface area contributed by atoms with Gasteiger partial charge in [0.1, 0.15) is 0 Å². The van der Waals surface area contributed by atoms with Crippen molar-refractivity contribution in [2.24, 2.45) is 0 Å². The predicted octanol–water partition coefficient (Wildman–Crippen LogP) is 5.51. The number of benzene rings is 1. The molecule has 0 bridgehead atoms. The van der Waals surface area contributed by atoms with Crippen LogP contribution in [-0.4, -0.2) is 13.7 Å². The Hall–Kier alpha value is -0.430. The fraction of sp³-hybridized carbons (Fsp3) is 0.333. The van der Waals surface area contributed by atoms with Crippen LogP contribution in [0, 0.1) is 5.82 Å². The standard InChI is InChI=1S/C15H16Br2FNOS/c1-3-7-19-14(10-8-12(16)21-15(10)17)9-5-4-6-11(20-2)13(9)18/h4-6,8,14,19H,3,7H2,1-2H3. The highest BCUT2D eigenvalue weighted by Gasteiger charge is 2.23. The van der Waals surface area contributed by atoms with Crippen LogP contribution in [0.25, 0.3) is 0 Å². The van der Waals surface area contributed by atoms with Crippen LogP contribution >= 0.6 is 43.2 Å². The molecule has 2 rings (SSSR count). The maximum absolute atomic E-state index is 14.6. The van der Waals surface area contributed by atoms with E-state index in [-0.39, 0.29) is 17.6 Å². The third-order valence-electron chi connectivity index (χ3n) is 3.12. The molecule has 2 nitrogen and oxygen atoms in total. The molecule has 1 aromatic carbocycles. The average Bonchev–Trinajstić information content (AvgIpc) is 2.80. The number of nitrogens with one attached hydrogen (secondary N) is 1. The Labute approximate surface area is 145 Å². The van der Waals surface area contributed by atoms with Gasteiger partial charge in [-0.25, -0.2) is 4.39 Å². The summed E-state index contributed by atoms with van der Waals surface area (Å²) in [6, 6.07) is 7.04. The van der Waals surface area contributed by atoms with Gasteiger partial charge >= 0.3 is 0 Å². The molecule has 0 radical (unpaired) electrons. The van der Waals surface area contributed by atoms with E-state index in [9.17, 15) is 4.39 Å². The zero-order chi connectivity index (χ0) is 15.4. The van der Waals surface area contributed by atoms with Gasteiger partial charge in [0.15, 0.2) is 11.6 Å². The third-order valence-corrected chi connectivity index (χ3v) is 5.50. The molecule has 0 saturated carbocycles. The average molecular weight is 437 g/mol. The van der Waals surface area contributed by atoms with E-state index in [2.05, 4.69) is 44.1 Å². The summed E-state index contributed by atoms with van der Waals surface area (Å²) in [6.07, 6.45) is 0.977. The first-order chi connectivity index (χ1) is 10.1. The zero-order valence-electron chi connectivity index (χ0n) is 11.8. The van der Waals surface area contributed by atoms with Crippen LogP contribution in [0.5, 0.6) is 5.75 Å². The zero-order valence-corrected chi connectivity index (χ0v) is 15.7. The number of rotatable bonds is 6. The molecular weight excluding hydrogens is 421 g/mol. The molecule has 1 atom stereocenters. The van der Waals surface area contributed by atoms with Crippen LogP contribution < -0.4 is 10.1 Å². The molecule has 0 saturated heterocycles. The second-order valence-electron chi connectivity index (χ2n) is 4.53. The number of methoxy groups -OCH3 is 1. The molecule has 114 valence electrons. The quantitative estimate of drug-likeness (QED) is 0.644. The predicted molar refractivity (Wildman–Crippen MR) is 92.8 cm³/mol. The summed E-state index contributed by atoms with van der Waals surface area (Å²) < 4.78 is 21.7. The van der Waals surface area contributed by atoms with Crippen LogP contribution in [0.1, 0.15) is 30.5 Å². The van der Waals surface area contributed by atoms with Gasteiger partial charge in [0, 0.05) is 5.56 Å². The lowest BCUT2D eigenvalue weighted by molar-refractivity contribution is 0.381. The topological polar surface area (TPSA) is 21.3 Å². The molecule has 1 unspecified atom stereocenters. The monoisotopic (exact) mass is 435 g/mol. The number of hydrogen-bond acceptors (Lipinski definition) is 3. The fourth-order valence-electron chi connectivity index (χ4n) is 2.13. The van der Waals surface area contributed by atoms with E-state index in [0.717, 1.165) is 26.1 Å². The Bertz CT molecular complexity index is 618. The number of halogens is 3. The Morgan fingerprint density at radius 3 is 2.67 bits per heavy atom.